The number of rotatable bonds is 3. The molecular formula is C4H10AsN3. The fourth-order valence-electron chi connectivity index (χ4n) is 0.407. The van der Waals surface area contributed by atoms with Gasteiger partial charge in [-0.2, -0.15) is 0 Å². The van der Waals surface area contributed by atoms with Gasteiger partial charge in [0, 0.05) is 0 Å². The average molecular weight is 175 g/mol. The maximum absolute atomic E-state index is 7.99. The molecule has 0 spiro atoms. The van der Waals surface area contributed by atoms with Crippen molar-refractivity contribution in [1.82, 2.24) is 0 Å². The van der Waals surface area contributed by atoms with E-state index < -0.39 is 14.9 Å². The van der Waals surface area contributed by atoms with Crippen molar-refractivity contribution in [1.29, 1.82) is 0 Å². The van der Waals surface area contributed by atoms with Gasteiger partial charge in [-0.1, -0.05) is 0 Å². The van der Waals surface area contributed by atoms with Gasteiger partial charge < -0.3 is 0 Å². The van der Waals surface area contributed by atoms with Crippen LogP contribution in [0, 0.1) is 0 Å². The summed E-state index contributed by atoms with van der Waals surface area (Å²) < 4.78 is 3.69. The zero-order chi connectivity index (χ0) is 6.41. The van der Waals surface area contributed by atoms with Crippen molar-refractivity contribution in [3.8, 4) is 0 Å². The third kappa shape index (κ3) is 2.95. The topological polar surface area (TPSA) is 48.8 Å². The van der Waals surface area contributed by atoms with Crippen LogP contribution < -0.4 is 0 Å². The van der Waals surface area contributed by atoms with Gasteiger partial charge in [-0.3, -0.25) is 0 Å². The molecule has 3 nitrogen and oxygen atoms in total. The van der Waals surface area contributed by atoms with Gasteiger partial charge in [0.2, 0.25) is 0 Å². The Balaban J connectivity index is 3.52. The zero-order valence-electron chi connectivity index (χ0n) is 5.20. The van der Waals surface area contributed by atoms with E-state index in [2.05, 4.69) is 22.8 Å². The molecular weight excluding hydrogens is 165 g/mol. The van der Waals surface area contributed by atoms with Crippen molar-refractivity contribution in [3.05, 3.63) is 10.4 Å². The first kappa shape index (κ1) is 7.87. The van der Waals surface area contributed by atoms with Gasteiger partial charge in [0.05, 0.1) is 0 Å². The maximum atomic E-state index is 7.99. The summed E-state index contributed by atoms with van der Waals surface area (Å²) in [4.78, 5) is 2.77. The van der Waals surface area contributed by atoms with Crippen LogP contribution in [0.3, 0.4) is 0 Å². The van der Waals surface area contributed by atoms with Gasteiger partial charge in [0.15, 0.2) is 0 Å². The average Bonchev–Trinajstić information content (AvgIpc) is 1.83. The van der Waals surface area contributed by atoms with Crippen LogP contribution in [0.15, 0.2) is 4.03 Å². The summed E-state index contributed by atoms with van der Waals surface area (Å²) in [6, 6.07) is 0. The van der Waals surface area contributed by atoms with E-state index in [9.17, 15) is 0 Å². The Morgan fingerprint density at radius 2 is 2.00 bits per heavy atom. The predicted octanol–water partition coefficient (Wildman–Crippen LogP) is 2.33. The SMILES string of the molecule is CC[As](CC)N=[N+]=[N-]. The fourth-order valence-corrected chi connectivity index (χ4v) is 2.11. The van der Waals surface area contributed by atoms with E-state index >= 15 is 0 Å². The van der Waals surface area contributed by atoms with E-state index in [0.29, 0.717) is 0 Å². The molecule has 0 aliphatic carbocycles. The molecule has 0 aromatic rings. The Morgan fingerprint density at radius 3 is 2.12 bits per heavy atom. The van der Waals surface area contributed by atoms with Crippen LogP contribution in [0.2, 0.25) is 10.4 Å². The van der Waals surface area contributed by atoms with Crippen LogP contribution in [0.1, 0.15) is 13.8 Å². The second-order valence-electron chi connectivity index (χ2n) is 1.32. The Kier molecular flexibility index (Phi) is 4.93. The predicted molar refractivity (Wildman–Crippen MR) is 35.9 cm³/mol. The molecule has 0 heterocycles. The summed E-state index contributed by atoms with van der Waals surface area (Å²) in [5, 5.41) is 2.18. The minimum atomic E-state index is -1.04. The summed E-state index contributed by atoms with van der Waals surface area (Å²) >= 11 is -1.04. The summed E-state index contributed by atoms with van der Waals surface area (Å²) in [5.41, 5.74) is 7.99. The summed E-state index contributed by atoms with van der Waals surface area (Å²) in [7, 11) is 0. The molecule has 0 aromatic heterocycles. The van der Waals surface area contributed by atoms with Gasteiger partial charge >= 0.3 is 53.6 Å². The van der Waals surface area contributed by atoms with E-state index in [1.807, 2.05) is 0 Å². The first-order chi connectivity index (χ1) is 3.85. The molecule has 0 saturated carbocycles. The molecule has 0 fully saturated rings. The van der Waals surface area contributed by atoms with E-state index in [-0.39, 0.29) is 0 Å². The fraction of sp³-hybridized carbons (Fsp3) is 1.00. The zero-order valence-corrected chi connectivity index (χ0v) is 7.08. The molecule has 0 atom stereocenters. The third-order valence-electron chi connectivity index (χ3n) is 0.897. The van der Waals surface area contributed by atoms with Crippen molar-refractivity contribution in [2.75, 3.05) is 0 Å². The van der Waals surface area contributed by atoms with E-state index in [4.69, 9.17) is 5.53 Å². The molecule has 0 rings (SSSR count). The van der Waals surface area contributed by atoms with Crippen LogP contribution in [-0.2, 0) is 0 Å². The van der Waals surface area contributed by atoms with E-state index in [0.717, 1.165) is 10.4 Å². The standard InChI is InChI=1S/C4H10AsN3/c1-3-5(4-2)7-8-6/h3-4H2,1-2H3. The van der Waals surface area contributed by atoms with Crippen LogP contribution in [-0.4, -0.2) is 14.9 Å². The molecule has 4 heteroatoms. The number of hydrogen-bond donors (Lipinski definition) is 0. The van der Waals surface area contributed by atoms with Crippen LogP contribution in [0.4, 0.5) is 0 Å². The number of azide groups is 1. The molecule has 0 aliphatic rings. The monoisotopic (exact) mass is 175 g/mol. The number of hydrogen-bond acceptors (Lipinski definition) is 1. The Morgan fingerprint density at radius 1 is 1.50 bits per heavy atom. The number of nitrogens with zero attached hydrogens (tertiary/aromatic N) is 3. The first-order valence-electron chi connectivity index (χ1n) is 2.65. The van der Waals surface area contributed by atoms with E-state index in [1.165, 1.54) is 0 Å². The second-order valence-corrected chi connectivity index (χ2v) is 6.47. The quantitative estimate of drug-likeness (QED) is 0.273. The minimum absolute atomic E-state index is 1.04. The van der Waals surface area contributed by atoms with Crippen molar-refractivity contribution in [3.63, 3.8) is 0 Å². The second kappa shape index (κ2) is 5.01. The van der Waals surface area contributed by atoms with Gasteiger partial charge in [-0.15, -0.1) is 0 Å². The molecule has 0 amide bonds. The third-order valence-corrected chi connectivity index (χ3v) is 4.66. The van der Waals surface area contributed by atoms with Crippen LogP contribution in [0.5, 0.6) is 0 Å². The normalized spacial score (nSPS) is 8.88. The molecule has 0 aromatic carbocycles. The molecule has 0 N–H and O–H groups in total. The van der Waals surface area contributed by atoms with Gasteiger partial charge in [0.1, 0.15) is 0 Å². The molecule has 46 valence electrons. The van der Waals surface area contributed by atoms with Crippen molar-refractivity contribution in [2.45, 2.75) is 24.3 Å². The molecule has 0 radical (unpaired) electrons. The molecule has 0 bridgehead atoms. The first-order valence-corrected chi connectivity index (χ1v) is 6.14. The van der Waals surface area contributed by atoms with Crippen LogP contribution in [0.25, 0.3) is 10.4 Å². The summed E-state index contributed by atoms with van der Waals surface area (Å²) in [6.45, 7) is 4.16. The van der Waals surface area contributed by atoms with Gasteiger partial charge in [-0.25, -0.2) is 0 Å². The Bertz CT molecular complexity index is 93.5. The molecule has 0 aliphatic heterocycles. The molecule has 0 saturated heterocycles. The Hall–Kier alpha value is -0.132. The van der Waals surface area contributed by atoms with Crippen LogP contribution >= 0.6 is 0 Å². The Labute approximate surface area is 54.2 Å². The van der Waals surface area contributed by atoms with Gasteiger partial charge in [-0.05, 0) is 0 Å². The van der Waals surface area contributed by atoms with Crippen molar-refractivity contribution in [2.24, 2.45) is 4.03 Å². The van der Waals surface area contributed by atoms with Gasteiger partial charge in [0.25, 0.3) is 0 Å². The summed E-state index contributed by atoms with van der Waals surface area (Å²) in [6.07, 6.45) is 0. The molecule has 8 heavy (non-hydrogen) atoms. The van der Waals surface area contributed by atoms with Crippen molar-refractivity contribution < 1.29 is 0 Å². The van der Waals surface area contributed by atoms with Crippen molar-refractivity contribution >= 4 is 14.9 Å². The van der Waals surface area contributed by atoms with E-state index in [1.54, 1.807) is 0 Å². The molecule has 0 unspecified atom stereocenters. The summed E-state index contributed by atoms with van der Waals surface area (Å²) in [5.74, 6) is 0.